The van der Waals surface area contributed by atoms with Crippen molar-refractivity contribution in [2.45, 2.75) is 0 Å². The Labute approximate surface area is 161 Å². The van der Waals surface area contributed by atoms with Crippen LogP contribution in [0.2, 0.25) is 0 Å². The van der Waals surface area contributed by atoms with Crippen molar-refractivity contribution in [3.05, 3.63) is 91.3 Å². The Bertz CT molecular complexity index is 854. The summed E-state index contributed by atoms with van der Waals surface area (Å²) in [5.74, 6) is 0.329. The molecule has 0 saturated heterocycles. The van der Waals surface area contributed by atoms with Gasteiger partial charge in [-0.25, -0.2) is 0 Å². The molecule has 0 aliphatic rings. The molecule has 4 aromatic rings. The van der Waals surface area contributed by atoms with Crippen molar-refractivity contribution < 1.29 is 29.8 Å². The topological polar surface area (TPSA) is 37.0 Å². The number of phenols is 1. The summed E-state index contributed by atoms with van der Waals surface area (Å²) in [6.45, 7) is 0. The minimum Gasteiger partial charge on any atom is -0.502 e. The summed E-state index contributed by atoms with van der Waals surface area (Å²) < 4.78 is 1.91. The predicted octanol–water partition coefficient (Wildman–Crippen LogP) is 3.92. The van der Waals surface area contributed by atoms with Crippen LogP contribution < -0.4 is 4.57 Å². The SMILES string of the molecule is C[n+]1cccc2cccc(O)c21.[Ir].[c-]1ccccc1-c1ccccn1. The zero-order valence-electron chi connectivity index (χ0n) is 13.8. The summed E-state index contributed by atoms with van der Waals surface area (Å²) in [7, 11) is 1.92. The predicted molar refractivity (Wildman–Crippen MR) is 95.3 cm³/mol. The quantitative estimate of drug-likeness (QED) is 0.314. The van der Waals surface area contributed by atoms with Gasteiger partial charge >= 0.3 is 0 Å². The van der Waals surface area contributed by atoms with Crippen molar-refractivity contribution in [2.24, 2.45) is 7.05 Å². The van der Waals surface area contributed by atoms with E-state index in [9.17, 15) is 5.11 Å². The maximum absolute atomic E-state index is 9.53. The fourth-order valence-electron chi connectivity index (χ4n) is 2.49. The summed E-state index contributed by atoms with van der Waals surface area (Å²) in [5, 5.41) is 10.6. The van der Waals surface area contributed by atoms with Gasteiger partial charge in [-0.3, -0.25) is 0 Å². The first-order chi connectivity index (χ1) is 11.8. The molecule has 2 heterocycles. The van der Waals surface area contributed by atoms with Gasteiger partial charge in [0.1, 0.15) is 7.05 Å². The van der Waals surface area contributed by atoms with E-state index in [4.69, 9.17) is 0 Å². The van der Waals surface area contributed by atoms with Crippen LogP contribution in [0.5, 0.6) is 5.75 Å². The fourth-order valence-corrected chi connectivity index (χ4v) is 2.49. The van der Waals surface area contributed by atoms with Gasteiger partial charge in [0.25, 0.3) is 5.52 Å². The van der Waals surface area contributed by atoms with E-state index < -0.39 is 0 Å². The van der Waals surface area contributed by atoms with Crippen LogP contribution in [0.15, 0.2) is 85.2 Å². The molecule has 0 fully saturated rings. The molecule has 0 spiro atoms. The van der Waals surface area contributed by atoms with Gasteiger partial charge in [-0.1, -0.05) is 18.2 Å². The van der Waals surface area contributed by atoms with E-state index in [2.05, 4.69) is 11.1 Å². The summed E-state index contributed by atoms with van der Waals surface area (Å²) in [4.78, 5) is 4.22. The third-order valence-corrected chi connectivity index (χ3v) is 3.63. The van der Waals surface area contributed by atoms with Crippen LogP contribution in [0.25, 0.3) is 22.2 Å². The maximum atomic E-state index is 9.53. The van der Waals surface area contributed by atoms with Crippen LogP contribution >= 0.6 is 0 Å². The molecular formula is C21H18IrN2O. The van der Waals surface area contributed by atoms with Crippen LogP contribution in [0.4, 0.5) is 0 Å². The zero-order chi connectivity index (χ0) is 16.8. The van der Waals surface area contributed by atoms with Crippen molar-refractivity contribution >= 4 is 10.9 Å². The molecule has 4 rings (SSSR count). The normalized spacial score (nSPS) is 9.64. The van der Waals surface area contributed by atoms with Crippen LogP contribution in [0.1, 0.15) is 0 Å². The van der Waals surface area contributed by atoms with Crippen molar-refractivity contribution in [3.8, 4) is 17.0 Å². The second-order valence-corrected chi connectivity index (χ2v) is 5.33. The average Bonchev–Trinajstić information content (AvgIpc) is 2.64. The van der Waals surface area contributed by atoms with E-state index >= 15 is 0 Å². The molecule has 0 amide bonds. The number of fused-ring (bicyclic) bond motifs is 1. The Morgan fingerprint density at radius 2 is 1.72 bits per heavy atom. The number of aromatic hydroxyl groups is 1. The summed E-state index contributed by atoms with van der Waals surface area (Å²) >= 11 is 0. The first-order valence-corrected chi connectivity index (χ1v) is 7.70. The number of nitrogens with zero attached hydrogens (tertiary/aromatic N) is 2. The van der Waals surface area contributed by atoms with Crippen LogP contribution in [0, 0.1) is 6.07 Å². The molecule has 0 aliphatic carbocycles. The molecular weight excluding hydrogens is 488 g/mol. The zero-order valence-corrected chi connectivity index (χ0v) is 16.2. The summed E-state index contributed by atoms with van der Waals surface area (Å²) in [6, 6.07) is 26.3. The summed E-state index contributed by atoms with van der Waals surface area (Å²) in [6.07, 6.45) is 3.71. The minimum atomic E-state index is 0. The van der Waals surface area contributed by atoms with Gasteiger partial charge in [0.15, 0.2) is 11.9 Å². The number of aryl methyl sites for hydroxylation is 1. The smallest absolute Gasteiger partial charge is 0.254 e. The second kappa shape index (κ2) is 9.07. The van der Waals surface area contributed by atoms with Gasteiger partial charge < -0.3 is 10.1 Å². The van der Waals surface area contributed by atoms with E-state index in [1.807, 2.05) is 84.5 Å². The Morgan fingerprint density at radius 3 is 2.40 bits per heavy atom. The first kappa shape index (κ1) is 18.8. The van der Waals surface area contributed by atoms with Gasteiger partial charge in [-0.15, -0.1) is 35.9 Å². The number of aromatic nitrogens is 2. The molecule has 2 aromatic heterocycles. The molecule has 0 aliphatic heterocycles. The fraction of sp³-hybridized carbons (Fsp3) is 0.0476. The molecule has 25 heavy (non-hydrogen) atoms. The minimum absolute atomic E-state index is 0. The number of rotatable bonds is 1. The first-order valence-electron chi connectivity index (χ1n) is 7.70. The molecule has 1 N–H and O–H groups in total. The van der Waals surface area contributed by atoms with E-state index in [0.717, 1.165) is 22.2 Å². The standard InChI is InChI=1S/C11H8N.C10H9NO.Ir/c1-2-6-10(7-3-1)11-8-4-5-9-12-11;1-11-7-3-5-8-4-2-6-9(12)10(8)11;/h1-6,8-9H;2-7H,1H3;/q-1;;/p+1. The third-order valence-electron chi connectivity index (χ3n) is 3.63. The van der Waals surface area contributed by atoms with E-state index in [1.165, 1.54) is 0 Å². The number of para-hydroxylation sites is 1. The monoisotopic (exact) mass is 507 g/mol. The molecule has 4 heteroatoms. The van der Waals surface area contributed by atoms with Gasteiger partial charge in [-0.2, -0.15) is 4.57 Å². The Morgan fingerprint density at radius 1 is 0.920 bits per heavy atom. The van der Waals surface area contributed by atoms with Gasteiger partial charge in [0.05, 0.1) is 5.39 Å². The van der Waals surface area contributed by atoms with Gasteiger partial charge in [-0.05, 0) is 30.0 Å². The van der Waals surface area contributed by atoms with Crippen molar-refractivity contribution in [2.75, 3.05) is 0 Å². The van der Waals surface area contributed by atoms with Crippen molar-refractivity contribution in [1.29, 1.82) is 0 Å². The van der Waals surface area contributed by atoms with Crippen molar-refractivity contribution in [1.82, 2.24) is 4.98 Å². The molecule has 1 radical (unpaired) electrons. The third kappa shape index (κ3) is 4.72. The van der Waals surface area contributed by atoms with Crippen LogP contribution in [0.3, 0.4) is 0 Å². The molecule has 0 saturated carbocycles. The Hall–Kier alpha value is -2.55. The van der Waals surface area contributed by atoms with E-state index in [0.29, 0.717) is 5.75 Å². The Kier molecular flexibility index (Phi) is 6.81. The van der Waals surface area contributed by atoms with Gasteiger partial charge in [0.2, 0.25) is 0 Å². The maximum Gasteiger partial charge on any atom is 0.254 e. The number of hydrogen-bond donors (Lipinski definition) is 1. The summed E-state index contributed by atoms with van der Waals surface area (Å²) in [5.41, 5.74) is 2.89. The van der Waals surface area contributed by atoms with Crippen LogP contribution in [-0.4, -0.2) is 10.1 Å². The second-order valence-electron chi connectivity index (χ2n) is 5.33. The molecule has 0 unspecified atom stereocenters. The van der Waals surface area contributed by atoms with Gasteiger partial charge in [0, 0.05) is 32.4 Å². The van der Waals surface area contributed by atoms with Crippen molar-refractivity contribution in [3.63, 3.8) is 0 Å². The molecule has 127 valence electrons. The van der Waals surface area contributed by atoms with E-state index in [1.54, 1.807) is 12.3 Å². The van der Waals surface area contributed by atoms with E-state index in [-0.39, 0.29) is 20.1 Å². The number of hydrogen-bond acceptors (Lipinski definition) is 2. The largest absolute Gasteiger partial charge is 0.502 e. The van der Waals surface area contributed by atoms with Crippen LogP contribution in [-0.2, 0) is 27.2 Å². The Balaban J connectivity index is 0.000000173. The molecule has 0 atom stereocenters. The molecule has 3 nitrogen and oxygen atoms in total. The molecule has 0 bridgehead atoms. The molecule has 2 aromatic carbocycles. The average molecular weight is 507 g/mol. The number of phenolic OH excluding ortho intramolecular Hbond substituents is 1. The number of benzene rings is 2. The number of pyridine rings is 2.